The van der Waals surface area contributed by atoms with Crippen molar-refractivity contribution in [3.8, 4) is 0 Å². The zero-order chi connectivity index (χ0) is 28.7. The molecule has 1 fully saturated rings. The van der Waals surface area contributed by atoms with Crippen molar-refractivity contribution >= 4 is 29.3 Å². The lowest BCUT2D eigenvalue weighted by atomic mass is 10.1. The van der Waals surface area contributed by atoms with Gasteiger partial charge in [-0.1, -0.05) is 17.7 Å². The molecule has 4 rings (SSSR count). The van der Waals surface area contributed by atoms with Gasteiger partial charge in [-0.3, -0.25) is 9.48 Å². The lowest BCUT2D eigenvalue weighted by molar-refractivity contribution is -0.143. The van der Waals surface area contributed by atoms with Gasteiger partial charge in [0.15, 0.2) is 5.15 Å². The Kier molecular flexibility index (Phi) is 10.4. The molecule has 0 spiro atoms. The lowest BCUT2D eigenvalue weighted by Gasteiger charge is -2.27. The molecule has 1 aliphatic carbocycles. The summed E-state index contributed by atoms with van der Waals surface area (Å²) < 4.78 is 20.3. The minimum atomic E-state index is -1.11. The maximum absolute atomic E-state index is 13.5. The summed E-state index contributed by atoms with van der Waals surface area (Å²) >= 11 is 6.02. The van der Waals surface area contributed by atoms with Crippen LogP contribution in [0.25, 0.3) is 0 Å². The molecule has 0 unspecified atom stereocenters. The van der Waals surface area contributed by atoms with Gasteiger partial charge in [-0.25, -0.2) is 14.2 Å². The van der Waals surface area contributed by atoms with E-state index in [2.05, 4.69) is 27.9 Å². The second kappa shape index (κ2) is 13.7. The van der Waals surface area contributed by atoms with Crippen LogP contribution in [0.1, 0.15) is 55.5 Å². The number of hydrogen-bond acceptors (Lipinski definition) is 7. The number of carbonyl (C=O) groups excluding carboxylic acids is 1. The normalized spacial score (nSPS) is 17.1. The number of carboxylic acids is 1. The fourth-order valence-corrected chi connectivity index (χ4v) is 5.54. The van der Waals surface area contributed by atoms with Gasteiger partial charge in [0.25, 0.3) is 0 Å². The molecule has 0 saturated heterocycles. The number of aryl methyl sites for hydroxylation is 3. The number of nitrogens with zero attached hydrogens (tertiary/aromatic N) is 4. The van der Waals surface area contributed by atoms with Crippen LogP contribution in [0.4, 0.5) is 10.2 Å². The molecule has 10 nitrogen and oxygen atoms in total. The molecule has 12 heteroatoms. The van der Waals surface area contributed by atoms with Crippen LogP contribution >= 0.6 is 11.6 Å². The summed E-state index contributed by atoms with van der Waals surface area (Å²) in [5, 5.41) is 20.5. The molecule has 0 aromatic carbocycles. The van der Waals surface area contributed by atoms with Gasteiger partial charge in [0, 0.05) is 38.1 Å². The van der Waals surface area contributed by atoms with Crippen LogP contribution in [-0.2, 0) is 32.7 Å². The van der Waals surface area contributed by atoms with E-state index in [1.165, 1.54) is 12.7 Å². The molecular formula is C28H40ClFN6O4. The number of carbonyl (C=O) groups is 2. The van der Waals surface area contributed by atoms with E-state index in [1.54, 1.807) is 10.7 Å². The molecule has 2 aliphatic rings. The third-order valence-electron chi connectivity index (χ3n) is 7.82. The molecule has 1 aliphatic heterocycles. The van der Waals surface area contributed by atoms with E-state index >= 15 is 0 Å². The SMILES string of the molecule is CO[C@H](CF)CN(CCCCc1ccc2c(n1)NCCC2)CC[C@H](NC(=O)C1(n2nc(Cl)cc2C)CC1)C(=O)O. The van der Waals surface area contributed by atoms with Gasteiger partial charge in [0.05, 0.1) is 6.10 Å². The number of aliphatic carboxylic acids is 1. The number of nitrogens with one attached hydrogen (secondary N) is 2. The number of methoxy groups -OCH3 is 1. The summed E-state index contributed by atoms with van der Waals surface area (Å²) in [7, 11) is 1.47. The van der Waals surface area contributed by atoms with Crippen molar-refractivity contribution in [1.29, 1.82) is 0 Å². The van der Waals surface area contributed by atoms with E-state index in [4.69, 9.17) is 21.3 Å². The molecule has 0 radical (unpaired) electrons. The number of pyridine rings is 1. The highest BCUT2D eigenvalue weighted by Gasteiger charge is 2.54. The van der Waals surface area contributed by atoms with Crippen molar-refractivity contribution in [1.82, 2.24) is 25.0 Å². The number of ether oxygens (including phenoxy) is 1. The molecule has 3 heterocycles. The van der Waals surface area contributed by atoms with Crippen molar-refractivity contribution < 1.29 is 23.8 Å². The molecule has 220 valence electrons. The molecule has 3 N–H and O–H groups in total. The average molecular weight is 579 g/mol. The summed E-state index contributed by atoms with van der Waals surface area (Å²) in [6.45, 7) is 3.49. The highest BCUT2D eigenvalue weighted by molar-refractivity contribution is 6.29. The molecular weight excluding hydrogens is 539 g/mol. The molecule has 1 amide bonds. The monoisotopic (exact) mass is 578 g/mol. The van der Waals surface area contributed by atoms with Gasteiger partial charge in [-0.05, 0) is 82.5 Å². The van der Waals surface area contributed by atoms with Gasteiger partial charge >= 0.3 is 5.97 Å². The number of alkyl halides is 1. The van der Waals surface area contributed by atoms with Crippen LogP contribution in [0.3, 0.4) is 0 Å². The Morgan fingerprint density at radius 2 is 2.12 bits per heavy atom. The van der Waals surface area contributed by atoms with Gasteiger partial charge in [0.1, 0.15) is 24.1 Å². The van der Waals surface area contributed by atoms with E-state index in [0.717, 1.165) is 55.9 Å². The van der Waals surface area contributed by atoms with Gasteiger partial charge < -0.3 is 25.4 Å². The number of aromatic nitrogens is 3. The van der Waals surface area contributed by atoms with Crippen molar-refractivity contribution in [2.75, 3.05) is 45.3 Å². The summed E-state index contributed by atoms with van der Waals surface area (Å²) in [5.41, 5.74) is 2.14. The van der Waals surface area contributed by atoms with Crippen molar-refractivity contribution in [3.63, 3.8) is 0 Å². The number of rotatable bonds is 16. The Hall–Kier alpha value is -2.76. The van der Waals surface area contributed by atoms with E-state index < -0.39 is 30.3 Å². The van der Waals surface area contributed by atoms with E-state index in [-0.39, 0.29) is 12.3 Å². The number of anilines is 1. The Balaban J connectivity index is 1.31. The fraction of sp³-hybridized carbons (Fsp3) is 0.643. The molecule has 2 atom stereocenters. The molecule has 0 bridgehead atoms. The number of hydrogen-bond donors (Lipinski definition) is 3. The molecule has 2 aromatic heterocycles. The Bertz CT molecular complexity index is 1170. The minimum absolute atomic E-state index is 0.177. The number of halogens is 2. The second-order valence-corrected chi connectivity index (χ2v) is 11.2. The molecule has 2 aromatic rings. The van der Waals surface area contributed by atoms with E-state index in [1.807, 2.05) is 11.8 Å². The number of carboxylic acid groups (broad SMARTS) is 1. The smallest absolute Gasteiger partial charge is 0.326 e. The third-order valence-corrected chi connectivity index (χ3v) is 8.01. The van der Waals surface area contributed by atoms with Crippen LogP contribution in [0.2, 0.25) is 5.15 Å². The van der Waals surface area contributed by atoms with Crippen LogP contribution in [0.15, 0.2) is 18.2 Å². The quantitative estimate of drug-likeness (QED) is 0.259. The zero-order valence-electron chi connectivity index (χ0n) is 23.3. The minimum Gasteiger partial charge on any atom is -0.480 e. The van der Waals surface area contributed by atoms with Crippen LogP contribution in [0, 0.1) is 6.92 Å². The van der Waals surface area contributed by atoms with E-state index in [9.17, 15) is 19.1 Å². The first-order valence-electron chi connectivity index (χ1n) is 14.1. The number of amides is 1. The van der Waals surface area contributed by atoms with Crippen molar-refractivity contribution in [2.24, 2.45) is 0 Å². The largest absolute Gasteiger partial charge is 0.480 e. The van der Waals surface area contributed by atoms with Gasteiger partial charge in [0.2, 0.25) is 5.91 Å². The maximum Gasteiger partial charge on any atom is 0.326 e. The van der Waals surface area contributed by atoms with Gasteiger partial charge in [-0.2, -0.15) is 5.10 Å². The lowest BCUT2D eigenvalue weighted by Crippen LogP contribution is -2.49. The van der Waals surface area contributed by atoms with Crippen LogP contribution in [0.5, 0.6) is 0 Å². The predicted octanol–water partition coefficient (Wildman–Crippen LogP) is 3.36. The summed E-state index contributed by atoms with van der Waals surface area (Å²) in [5.74, 6) is -0.503. The number of unbranched alkanes of at least 4 members (excludes halogenated alkanes) is 1. The third kappa shape index (κ3) is 7.50. The first-order chi connectivity index (χ1) is 19.3. The summed E-state index contributed by atoms with van der Waals surface area (Å²) in [4.78, 5) is 32.0. The van der Waals surface area contributed by atoms with E-state index in [0.29, 0.717) is 37.6 Å². The van der Waals surface area contributed by atoms with Crippen LogP contribution in [-0.4, -0.2) is 88.8 Å². The topological polar surface area (TPSA) is 122 Å². The first-order valence-corrected chi connectivity index (χ1v) is 14.4. The average Bonchev–Trinajstić information content (AvgIpc) is 3.68. The zero-order valence-corrected chi connectivity index (χ0v) is 24.1. The van der Waals surface area contributed by atoms with Crippen molar-refractivity contribution in [3.05, 3.63) is 40.3 Å². The number of fused-ring (bicyclic) bond motifs is 1. The Morgan fingerprint density at radius 1 is 1.32 bits per heavy atom. The molecule has 1 saturated carbocycles. The van der Waals surface area contributed by atoms with Crippen molar-refractivity contribution in [2.45, 2.75) is 76.0 Å². The highest BCUT2D eigenvalue weighted by atomic mass is 35.5. The molecule has 40 heavy (non-hydrogen) atoms. The fourth-order valence-electron chi connectivity index (χ4n) is 5.30. The van der Waals surface area contributed by atoms with Crippen LogP contribution < -0.4 is 10.6 Å². The van der Waals surface area contributed by atoms with Gasteiger partial charge in [-0.15, -0.1) is 0 Å². The Morgan fingerprint density at radius 3 is 2.77 bits per heavy atom. The highest BCUT2D eigenvalue weighted by Crippen LogP contribution is 2.44. The summed E-state index contributed by atoms with van der Waals surface area (Å²) in [6.07, 6.45) is 5.43. The predicted molar refractivity (Wildman–Crippen MR) is 151 cm³/mol. The standard InChI is InChI=1S/C28H40ClFN6O4/c1-19-16-24(29)34-36(19)28(11-12-28)27(39)33-23(26(37)38)10-15-35(18-22(17-30)40-2)14-4-3-7-21-9-8-20-6-5-13-31-25(20)32-21/h8-9,16,22-23H,3-7,10-15,17-18H2,1-2H3,(H,31,32)(H,33,39)(H,37,38)/t22-,23+/m1/s1. The second-order valence-electron chi connectivity index (χ2n) is 10.8. The first kappa shape index (κ1) is 30.2. The maximum atomic E-state index is 13.5. The summed E-state index contributed by atoms with van der Waals surface area (Å²) in [6, 6.07) is 4.82. The Labute approximate surface area is 239 Å².